The first-order chi connectivity index (χ1) is 16.0. The van der Waals surface area contributed by atoms with E-state index >= 15 is 0 Å². The number of nitrogens with zero attached hydrogens (tertiary/aromatic N) is 5. The lowest BCUT2D eigenvalue weighted by Crippen LogP contribution is -2.37. The van der Waals surface area contributed by atoms with E-state index in [0.717, 1.165) is 45.7 Å². The van der Waals surface area contributed by atoms with E-state index in [-0.39, 0.29) is 0 Å². The number of aryl methyl sites for hydroxylation is 2. The van der Waals surface area contributed by atoms with Gasteiger partial charge < -0.3 is 19.7 Å². The van der Waals surface area contributed by atoms with Gasteiger partial charge in [0.05, 0.1) is 31.0 Å². The highest BCUT2D eigenvalue weighted by atomic mass is 79.9. The number of hydrogen-bond donors (Lipinski definition) is 2. The first-order valence-electron chi connectivity index (χ1n) is 10.6. The molecule has 0 spiro atoms. The van der Waals surface area contributed by atoms with Gasteiger partial charge in [0.15, 0.2) is 0 Å². The van der Waals surface area contributed by atoms with Crippen molar-refractivity contribution in [3.8, 4) is 5.75 Å². The van der Waals surface area contributed by atoms with Crippen LogP contribution in [-0.2, 0) is 4.74 Å². The molecule has 0 radical (unpaired) electrons. The molecule has 4 rings (SSSR count). The van der Waals surface area contributed by atoms with Gasteiger partial charge in [-0.25, -0.2) is 5.43 Å². The van der Waals surface area contributed by atoms with Gasteiger partial charge >= 0.3 is 0 Å². The van der Waals surface area contributed by atoms with E-state index in [4.69, 9.17) is 9.47 Å². The van der Waals surface area contributed by atoms with Crippen LogP contribution >= 0.6 is 15.9 Å². The molecule has 1 fully saturated rings. The minimum absolute atomic E-state index is 0.350. The maximum Gasteiger partial charge on any atom is 0.250 e. The van der Waals surface area contributed by atoms with Crippen molar-refractivity contribution in [2.75, 3.05) is 49.1 Å². The number of aromatic nitrogens is 3. The summed E-state index contributed by atoms with van der Waals surface area (Å²) in [5, 5.41) is 7.64. The number of rotatable bonds is 7. The molecule has 1 aliphatic heterocycles. The average molecular weight is 512 g/mol. The van der Waals surface area contributed by atoms with Crippen LogP contribution in [0.5, 0.6) is 5.75 Å². The fourth-order valence-electron chi connectivity index (χ4n) is 3.29. The minimum Gasteiger partial charge on any atom is -0.496 e. The maximum atomic E-state index is 5.47. The molecule has 0 saturated carbocycles. The predicted molar refractivity (Wildman–Crippen MR) is 134 cm³/mol. The van der Waals surface area contributed by atoms with Gasteiger partial charge in [0.25, 0.3) is 0 Å². The number of hydrogen-bond acceptors (Lipinski definition) is 9. The Labute approximate surface area is 201 Å². The summed E-state index contributed by atoms with van der Waals surface area (Å²) in [7, 11) is 1.63. The lowest BCUT2D eigenvalue weighted by molar-refractivity contribution is 0.122. The Hall–Kier alpha value is -3.24. The van der Waals surface area contributed by atoms with Crippen molar-refractivity contribution in [1.29, 1.82) is 0 Å². The Morgan fingerprint density at radius 3 is 2.61 bits per heavy atom. The molecule has 1 saturated heterocycles. The summed E-state index contributed by atoms with van der Waals surface area (Å²) >= 11 is 3.49. The SMILES string of the molecule is COc1ccc(C=NNc2nc(Nc3cc(C)ccc3C)nc(N3CCOCC3)n2)cc1Br. The van der Waals surface area contributed by atoms with Gasteiger partial charge in [-0.05, 0) is 70.7 Å². The zero-order valence-electron chi connectivity index (χ0n) is 18.8. The van der Waals surface area contributed by atoms with E-state index in [0.29, 0.717) is 31.1 Å². The van der Waals surface area contributed by atoms with Crippen LogP contribution in [0.25, 0.3) is 0 Å². The number of nitrogens with one attached hydrogen (secondary N) is 2. The van der Waals surface area contributed by atoms with Crippen LogP contribution in [0.2, 0.25) is 0 Å². The molecule has 2 heterocycles. The monoisotopic (exact) mass is 511 g/mol. The fourth-order valence-corrected chi connectivity index (χ4v) is 3.85. The molecule has 2 aromatic carbocycles. The summed E-state index contributed by atoms with van der Waals surface area (Å²) in [6, 6.07) is 11.9. The summed E-state index contributed by atoms with van der Waals surface area (Å²) in [5.41, 5.74) is 7.04. The van der Waals surface area contributed by atoms with Gasteiger partial charge in [-0.1, -0.05) is 12.1 Å². The van der Waals surface area contributed by atoms with Crippen LogP contribution < -0.4 is 20.4 Å². The molecule has 0 bridgehead atoms. The minimum atomic E-state index is 0.350. The van der Waals surface area contributed by atoms with Crippen LogP contribution in [0, 0.1) is 13.8 Å². The van der Waals surface area contributed by atoms with Gasteiger partial charge in [-0.2, -0.15) is 20.1 Å². The summed E-state index contributed by atoms with van der Waals surface area (Å²) < 4.78 is 11.6. The summed E-state index contributed by atoms with van der Waals surface area (Å²) in [6.07, 6.45) is 1.69. The lowest BCUT2D eigenvalue weighted by atomic mass is 10.1. The number of hydrazone groups is 1. The van der Waals surface area contributed by atoms with E-state index in [1.165, 1.54) is 0 Å². The molecule has 9 nitrogen and oxygen atoms in total. The van der Waals surface area contributed by atoms with Crippen LogP contribution in [0.3, 0.4) is 0 Å². The van der Waals surface area contributed by atoms with E-state index in [2.05, 4.69) is 76.7 Å². The standard InChI is InChI=1S/C23H26BrN7O2/c1-15-4-5-16(2)19(12-15)26-21-27-22(29-23(28-21)31-8-10-33-11-9-31)30-25-14-17-6-7-20(32-3)18(24)13-17/h4-7,12-14H,8-11H2,1-3H3,(H2,26,27,28,29,30). The molecule has 0 atom stereocenters. The third-order valence-corrected chi connectivity index (χ3v) is 5.73. The third-order valence-electron chi connectivity index (χ3n) is 5.11. The second-order valence-corrected chi connectivity index (χ2v) is 8.44. The molecule has 2 N–H and O–H groups in total. The highest BCUT2D eigenvalue weighted by Crippen LogP contribution is 2.25. The second kappa shape index (κ2) is 10.6. The van der Waals surface area contributed by atoms with Crippen molar-refractivity contribution in [1.82, 2.24) is 15.0 Å². The number of methoxy groups -OCH3 is 1. The molecular weight excluding hydrogens is 486 g/mol. The Balaban J connectivity index is 1.58. The number of benzene rings is 2. The van der Waals surface area contributed by atoms with Gasteiger partial charge in [0.1, 0.15) is 5.75 Å². The van der Waals surface area contributed by atoms with E-state index in [9.17, 15) is 0 Å². The van der Waals surface area contributed by atoms with E-state index in [1.807, 2.05) is 25.1 Å². The highest BCUT2D eigenvalue weighted by molar-refractivity contribution is 9.10. The van der Waals surface area contributed by atoms with Crippen molar-refractivity contribution >= 4 is 45.7 Å². The second-order valence-electron chi connectivity index (χ2n) is 7.59. The smallest absolute Gasteiger partial charge is 0.250 e. The van der Waals surface area contributed by atoms with E-state index < -0.39 is 0 Å². The third kappa shape index (κ3) is 5.96. The molecule has 0 aliphatic carbocycles. The largest absolute Gasteiger partial charge is 0.496 e. The molecular formula is C23H26BrN7O2. The molecule has 3 aromatic rings. The number of morpholine rings is 1. The topological polar surface area (TPSA) is 96.8 Å². The number of ether oxygens (including phenoxy) is 2. The van der Waals surface area contributed by atoms with Crippen LogP contribution in [0.1, 0.15) is 16.7 Å². The predicted octanol–water partition coefficient (Wildman–Crippen LogP) is 4.29. The van der Waals surface area contributed by atoms with E-state index in [1.54, 1.807) is 13.3 Å². The Kier molecular flexibility index (Phi) is 7.36. The first-order valence-corrected chi connectivity index (χ1v) is 11.4. The molecule has 1 aliphatic rings. The summed E-state index contributed by atoms with van der Waals surface area (Å²) in [6.45, 7) is 6.81. The average Bonchev–Trinajstić information content (AvgIpc) is 2.82. The van der Waals surface area contributed by atoms with Crippen molar-refractivity contribution in [2.24, 2.45) is 5.10 Å². The first kappa shape index (κ1) is 22.9. The van der Waals surface area contributed by atoms with Gasteiger partial charge in [0.2, 0.25) is 17.8 Å². The van der Waals surface area contributed by atoms with Crippen molar-refractivity contribution in [3.05, 3.63) is 57.6 Å². The maximum absolute atomic E-state index is 5.47. The quantitative estimate of drug-likeness (QED) is 0.358. The van der Waals surface area contributed by atoms with Gasteiger partial charge in [0, 0.05) is 18.8 Å². The Bertz CT molecular complexity index is 1150. The zero-order chi connectivity index (χ0) is 23.2. The summed E-state index contributed by atoms with van der Waals surface area (Å²) in [5.74, 6) is 2.13. The lowest BCUT2D eigenvalue weighted by Gasteiger charge is -2.27. The number of anilines is 4. The molecule has 1 aromatic heterocycles. The van der Waals surface area contributed by atoms with Crippen molar-refractivity contribution < 1.29 is 9.47 Å². The van der Waals surface area contributed by atoms with Crippen molar-refractivity contribution in [3.63, 3.8) is 0 Å². The molecule has 0 amide bonds. The van der Waals surface area contributed by atoms with Crippen LogP contribution in [0.15, 0.2) is 46.0 Å². The Morgan fingerprint density at radius 2 is 1.85 bits per heavy atom. The molecule has 10 heteroatoms. The van der Waals surface area contributed by atoms with Crippen LogP contribution in [0.4, 0.5) is 23.5 Å². The van der Waals surface area contributed by atoms with Gasteiger partial charge in [-0.3, -0.25) is 0 Å². The van der Waals surface area contributed by atoms with Crippen molar-refractivity contribution in [2.45, 2.75) is 13.8 Å². The fraction of sp³-hybridized carbons (Fsp3) is 0.304. The molecule has 33 heavy (non-hydrogen) atoms. The molecule has 0 unspecified atom stereocenters. The zero-order valence-corrected chi connectivity index (χ0v) is 20.4. The van der Waals surface area contributed by atoms with Gasteiger partial charge in [-0.15, -0.1) is 0 Å². The Morgan fingerprint density at radius 1 is 1.06 bits per heavy atom. The summed E-state index contributed by atoms with van der Waals surface area (Å²) in [4.78, 5) is 15.8. The normalized spacial score (nSPS) is 13.9. The van der Waals surface area contributed by atoms with Crippen LogP contribution in [-0.4, -0.2) is 54.6 Å². The number of halogens is 1. The molecule has 172 valence electrons. The highest BCUT2D eigenvalue weighted by Gasteiger charge is 2.17.